The Hall–Kier alpha value is -0.120. The van der Waals surface area contributed by atoms with Gasteiger partial charge in [-0.1, -0.05) is 77.6 Å². The molecule has 1 saturated heterocycles. The molecule has 0 aromatic carbocycles. The Balaban J connectivity index is 1.80. The van der Waals surface area contributed by atoms with Crippen LogP contribution in [0.4, 0.5) is 0 Å². The Morgan fingerprint density at radius 2 is 1.43 bits per heavy atom. The summed E-state index contributed by atoms with van der Waals surface area (Å²) in [5.74, 6) is 0. The number of hydrogen-bond donors (Lipinski definition) is 3. The topological polar surface area (TPSA) is 58.3 Å². The number of piperidine rings is 1. The molecule has 1 heterocycles. The first-order valence-corrected chi connectivity index (χ1v) is 9.41. The minimum Gasteiger partial charge on any atom is -0.391 e. The molecule has 0 amide bonds. The Kier molecular flexibility index (Phi) is 11.2. The maximum atomic E-state index is 9.76. The molecule has 0 spiro atoms. The summed E-state index contributed by atoms with van der Waals surface area (Å²) in [6, 6.07) is 0.414. The van der Waals surface area contributed by atoms with Gasteiger partial charge in [0.1, 0.15) is 0 Å². The highest BCUT2D eigenvalue weighted by molar-refractivity contribution is 4.86. The van der Waals surface area contributed by atoms with Crippen LogP contribution in [-0.4, -0.2) is 29.8 Å². The minimum absolute atomic E-state index is 0.0708. The highest BCUT2D eigenvalue weighted by Gasteiger charge is 2.25. The van der Waals surface area contributed by atoms with Crippen molar-refractivity contribution in [1.82, 2.24) is 5.32 Å². The largest absolute Gasteiger partial charge is 0.391 e. The first-order chi connectivity index (χ1) is 10.2. The van der Waals surface area contributed by atoms with Crippen LogP contribution < -0.4 is 11.1 Å². The van der Waals surface area contributed by atoms with Gasteiger partial charge >= 0.3 is 0 Å². The molecule has 0 bridgehead atoms. The van der Waals surface area contributed by atoms with Crippen LogP contribution in [0.5, 0.6) is 0 Å². The van der Waals surface area contributed by atoms with E-state index in [2.05, 4.69) is 12.2 Å². The van der Waals surface area contributed by atoms with Crippen molar-refractivity contribution in [3.8, 4) is 0 Å². The Labute approximate surface area is 132 Å². The van der Waals surface area contributed by atoms with E-state index in [1.165, 1.54) is 77.0 Å². The van der Waals surface area contributed by atoms with Crippen LogP contribution in [0.15, 0.2) is 0 Å². The standard InChI is InChI=1S/C18H38N2O/c1-2-3-4-5-6-7-8-9-10-11-12-13-16-14-18(21)17(19)15-20-16/h16-18,20-21H,2-15,19H2,1H3/t16-,17-,18-/m0/s1. The van der Waals surface area contributed by atoms with Crippen molar-refractivity contribution in [2.75, 3.05) is 6.54 Å². The van der Waals surface area contributed by atoms with E-state index < -0.39 is 0 Å². The number of aliphatic hydroxyl groups excluding tert-OH is 1. The highest BCUT2D eigenvalue weighted by Crippen LogP contribution is 2.16. The van der Waals surface area contributed by atoms with Gasteiger partial charge in [0, 0.05) is 18.6 Å². The van der Waals surface area contributed by atoms with E-state index in [-0.39, 0.29) is 12.1 Å². The van der Waals surface area contributed by atoms with Gasteiger partial charge in [0.15, 0.2) is 0 Å². The Morgan fingerprint density at radius 1 is 0.905 bits per heavy atom. The van der Waals surface area contributed by atoms with E-state index in [0.29, 0.717) is 6.04 Å². The molecule has 0 aromatic heterocycles. The number of unbranched alkanes of at least 4 members (excludes halogenated alkanes) is 10. The van der Waals surface area contributed by atoms with E-state index in [4.69, 9.17) is 5.73 Å². The number of aliphatic hydroxyl groups is 1. The van der Waals surface area contributed by atoms with Crippen molar-refractivity contribution in [1.29, 1.82) is 0 Å². The lowest BCUT2D eigenvalue weighted by molar-refractivity contribution is 0.0936. The molecule has 0 aromatic rings. The lowest BCUT2D eigenvalue weighted by Gasteiger charge is -2.32. The second-order valence-corrected chi connectivity index (χ2v) is 6.90. The Bertz CT molecular complexity index is 235. The number of rotatable bonds is 12. The molecule has 0 aliphatic carbocycles. The van der Waals surface area contributed by atoms with E-state index in [0.717, 1.165) is 13.0 Å². The number of nitrogens with one attached hydrogen (secondary N) is 1. The third-order valence-corrected chi connectivity index (χ3v) is 4.82. The summed E-state index contributed by atoms with van der Waals surface area (Å²) < 4.78 is 0. The van der Waals surface area contributed by atoms with Gasteiger partial charge in [0.2, 0.25) is 0 Å². The first kappa shape index (κ1) is 18.9. The van der Waals surface area contributed by atoms with Crippen LogP contribution in [0.3, 0.4) is 0 Å². The lowest BCUT2D eigenvalue weighted by atomic mass is 9.94. The van der Waals surface area contributed by atoms with Crippen molar-refractivity contribution in [3.63, 3.8) is 0 Å². The molecule has 21 heavy (non-hydrogen) atoms. The van der Waals surface area contributed by atoms with Gasteiger partial charge in [-0.05, 0) is 12.8 Å². The van der Waals surface area contributed by atoms with Crippen LogP contribution in [0.25, 0.3) is 0 Å². The number of hydrogen-bond acceptors (Lipinski definition) is 3. The summed E-state index contributed by atoms with van der Waals surface area (Å²) in [4.78, 5) is 0. The van der Waals surface area contributed by atoms with E-state index in [9.17, 15) is 5.11 Å². The quantitative estimate of drug-likeness (QED) is 0.481. The van der Waals surface area contributed by atoms with Crippen LogP contribution in [0.1, 0.15) is 90.4 Å². The third-order valence-electron chi connectivity index (χ3n) is 4.82. The van der Waals surface area contributed by atoms with Gasteiger partial charge in [-0.2, -0.15) is 0 Å². The zero-order chi connectivity index (χ0) is 15.3. The van der Waals surface area contributed by atoms with Gasteiger partial charge in [0.25, 0.3) is 0 Å². The van der Waals surface area contributed by atoms with Gasteiger partial charge in [-0.25, -0.2) is 0 Å². The van der Waals surface area contributed by atoms with Crippen molar-refractivity contribution in [3.05, 3.63) is 0 Å². The smallest absolute Gasteiger partial charge is 0.0718 e. The maximum Gasteiger partial charge on any atom is 0.0718 e. The van der Waals surface area contributed by atoms with Crippen LogP contribution in [0.2, 0.25) is 0 Å². The van der Waals surface area contributed by atoms with Gasteiger partial charge in [-0.3, -0.25) is 0 Å². The molecule has 1 rings (SSSR count). The zero-order valence-corrected chi connectivity index (χ0v) is 14.2. The second kappa shape index (κ2) is 12.4. The summed E-state index contributed by atoms with van der Waals surface area (Å²) in [6.07, 6.45) is 17.0. The van der Waals surface area contributed by atoms with Crippen molar-refractivity contribution < 1.29 is 5.11 Å². The van der Waals surface area contributed by atoms with Crippen LogP contribution in [0, 0.1) is 0 Å². The SMILES string of the molecule is CCCCCCCCCCCCC[C@H]1C[C@H](O)[C@@H](N)CN1. The average molecular weight is 299 g/mol. The van der Waals surface area contributed by atoms with Gasteiger partial charge in [0.05, 0.1) is 6.10 Å². The molecule has 4 N–H and O–H groups in total. The highest BCUT2D eigenvalue weighted by atomic mass is 16.3. The molecule has 126 valence electrons. The minimum atomic E-state index is -0.302. The van der Waals surface area contributed by atoms with E-state index in [1.807, 2.05) is 0 Å². The van der Waals surface area contributed by atoms with Gasteiger partial charge in [-0.15, -0.1) is 0 Å². The molecule has 3 heteroatoms. The Morgan fingerprint density at radius 3 is 1.95 bits per heavy atom. The fourth-order valence-corrected chi connectivity index (χ4v) is 3.26. The molecule has 1 aliphatic heterocycles. The monoisotopic (exact) mass is 298 g/mol. The summed E-state index contributed by atoms with van der Waals surface area (Å²) in [5.41, 5.74) is 5.79. The fraction of sp³-hybridized carbons (Fsp3) is 1.00. The van der Waals surface area contributed by atoms with Crippen molar-refractivity contribution in [2.24, 2.45) is 5.73 Å². The second-order valence-electron chi connectivity index (χ2n) is 6.90. The van der Waals surface area contributed by atoms with Crippen molar-refractivity contribution >= 4 is 0 Å². The van der Waals surface area contributed by atoms with Crippen LogP contribution >= 0.6 is 0 Å². The average Bonchev–Trinajstić information content (AvgIpc) is 2.48. The predicted octanol–water partition coefficient (Wildman–Crippen LogP) is 3.74. The first-order valence-electron chi connectivity index (χ1n) is 9.41. The molecule has 0 radical (unpaired) electrons. The maximum absolute atomic E-state index is 9.76. The van der Waals surface area contributed by atoms with E-state index >= 15 is 0 Å². The van der Waals surface area contributed by atoms with E-state index in [1.54, 1.807) is 0 Å². The molecule has 1 fully saturated rings. The number of nitrogens with two attached hydrogens (primary N) is 1. The summed E-state index contributed by atoms with van der Waals surface area (Å²) in [6.45, 7) is 3.04. The normalized spacial score (nSPS) is 26.1. The summed E-state index contributed by atoms with van der Waals surface area (Å²) in [7, 11) is 0. The molecule has 3 atom stereocenters. The zero-order valence-electron chi connectivity index (χ0n) is 14.2. The third kappa shape index (κ3) is 9.49. The van der Waals surface area contributed by atoms with Crippen LogP contribution in [-0.2, 0) is 0 Å². The summed E-state index contributed by atoms with van der Waals surface area (Å²) >= 11 is 0. The molecular formula is C18H38N2O. The molecule has 0 unspecified atom stereocenters. The summed E-state index contributed by atoms with van der Waals surface area (Å²) in [5, 5.41) is 13.2. The predicted molar refractivity (Wildman–Crippen MR) is 91.5 cm³/mol. The fourth-order valence-electron chi connectivity index (χ4n) is 3.26. The lowest BCUT2D eigenvalue weighted by Crippen LogP contribution is -2.53. The molecule has 0 saturated carbocycles. The molecule has 1 aliphatic rings. The van der Waals surface area contributed by atoms with Gasteiger partial charge < -0.3 is 16.2 Å². The molecular weight excluding hydrogens is 260 g/mol. The van der Waals surface area contributed by atoms with Crippen molar-refractivity contribution in [2.45, 2.75) is 109 Å². The molecule has 3 nitrogen and oxygen atoms in total.